The van der Waals surface area contributed by atoms with Gasteiger partial charge < -0.3 is 18.9 Å². The largest absolute Gasteiger partial charge is 0.490 e. The molecule has 4 aromatic rings. The molecular weight excluding hydrogens is 852 g/mol. The van der Waals surface area contributed by atoms with Crippen molar-refractivity contribution in [2.45, 2.75) is 96.9 Å². The molecule has 2 aliphatic rings. The van der Waals surface area contributed by atoms with Gasteiger partial charge in [0.25, 0.3) is 11.1 Å². The predicted octanol–water partition coefficient (Wildman–Crippen LogP) is 3.24. The second kappa shape index (κ2) is 23.5. The van der Waals surface area contributed by atoms with E-state index in [0.717, 1.165) is 37.0 Å². The number of ether oxygens (including phenoxy) is 4. The van der Waals surface area contributed by atoms with Gasteiger partial charge in [-0.25, -0.2) is 40.3 Å². The van der Waals surface area contributed by atoms with Gasteiger partial charge in [-0.1, -0.05) is 25.1 Å². The third-order valence-corrected chi connectivity index (χ3v) is 12.8. The van der Waals surface area contributed by atoms with E-state index in [2.05, 4.69) is 19.4 Å². The molecule has 0 aliphatic heterocycles. The highest BCUT2D eigenvalue weighted by atomic mass is 32.2. The Kier molecular flexibility index (Phi) is 18.2. The van der Waals surface area contributed by atoms with E-state index < -0.39 is 54.4 Å². The summed E-state index contributed by atoms with van der Waals surface area (Å²) < 4.78 is 93.2. The van der Waals surface area contributed by atoms with Crippen molar-refractivity contribution < 1.29 is 40.2 Å². The van der Waals surface area contributed by atoms with E-state index in [-0.39, 0.29) is 69.4 Å². The maximum absolute atomic E-state index is 14.0. The number of H-pyrrole nitrogens is 2. The molecule has 0 saturated heterocycles. The van der Waals surface area contributed by atoms with E-state index >= 15 is 0 Å². The van der Waals surface area contributed by atoms with Crippen molar-refractivity contribution in [2.24, 2.45) is 5.92 Å². The van der Waals surface area contributed by atoms with Gasteiger partial charge in [0.2, 0.25) is 20.0 Å². The van der Waals surface area contributed by atoms with Crippen molar-refractivity contribution in [1.82, 2.24) is 28.5 Å². The lowest BCUT2D eigenvalue weighted by Gasteiger charge is -2.19. The van der Waals surface area contributed by atoms with Crippen LogP contribution in [-0.2, 0) is 49.5 Å². The van der Waals surface area contributed by atoms with Gasteiger partial charge >= 0.3 is 11.4 Å². The third-order valence-electron chi connectivity index (χ3n) is 9.92. The molecular formula is C41H55FN6O12S2. The van der Waals surface area contributed by atoms with E-state index in [0.29, 0.717) is 24.5 Å². The summed E-state index contributed by atoms with van der Waals surface area (Å²) in [6, 6.07) is 13.8. The number of halogens is 1. The Bertz CT molecular complexity index is 2520. The van der Waals surface area contributed by atoms with Gasteiger partial charge in [-0.2, -0.15) is 0 Å². The van der Waals surface area contributed by atoms with Crippen LogP contribution in [0.25, 0.3) is 0 Å². The molecule has 1 atom stereocenters. The fraction of sp³-hybridized carbons (Fsp3) is 0.512. The maximum Gasteiger partial charge on any atom is 0.330 e. The Balaban J connectivity index is 0.000000235. The lowest BCUT2D eigenvalue weighted by atomic mass is 10.1. The number of rotatable bonds is 24. The topological polar surface area (TPSA) is 239 Å². The van der Waals surface area contributed by atoms with Gasteiger partial charge in [0, 0.05) is 50.3 Å². The number of nitrogens with zero attached hydrogens (tertiary/aromatic N) is 2. The van der Waals surface area contributed by atoms with Gasteiger partial charge in [0.15, 0.2) is 11.6 Å². The molecule has 0 bridgehead atoms. The van der Waals surface area contributed by atoms with Gasteiger partial charge in [0.05, 0.1) is 24.2 Å². The normalized spacial score (nSPS) is 14.9. The van der Waals surface area contributed by atoms with Crippen LogP contribution in [0.2, 0.25) is 0 Å². The zero-order chi connectivity index (χ0) is 44.5. The highest BCUT2D eigenvalue weighted by molar-refractivity contribution is 7.89. The summed E-state index contributed by atoms with van der Waals surface area (Å²) in [5.74, 6) is 0.652. The van der Waals surface area contributed by atoms with Crippen LogP contribution >= 0.6 is 0 Å². The summed E-state index contributed by atoms with van der Waals surface area (Å²) >= 11 is 0. The van der Waals surface area contributed by atoms with E-state index in [1.807, 2.05) is 31.2 Å². The van der Waals surface area contributed by atoms with Crippen LogP contribution in [0, 0.1) is 11.7 Å². The standard InChI is InChI=1S/C21H28FN3O6S.C20H27N3O6S/c1-2-18(16-6-7-17(22)19(12-16)31-13-15-4-5-15)24-32(28,29)11-3-10-30-14-25-9-8-20(26)23-21(25)27;24-19-9-10-23(20(25)22-19)15-28-11-4-12-30(26,27)21-14-16-5-3-8-18(13-16)29-17-6-1-2-7-17/h6-9,12,15,18,24H,2-5,10-11,13-14H2,1H3,(H,23,26,27);3,5,8-10,13,17,21H,1-2,4,6-7,11-12,14-15H2,(H,22,24,25)/t18-;/m1./s1. The molecule has 2 aliphatic carbocycles. The van der Waals surface area contributed by atoms with Gasteiger partial charge in [-0.05, 0) is 99.1 Å². The van der Waals surface area contributed by atoms with Crippen LogP contribution in [0.4, 0.5) is 4.39 Å². The second-order valence-electron chi connectivity index (χ2n) is 15.1. The van der Waals surface area contributed by atoms with Gasteiger partial charge in [-0.15, -0.1) is 0 Å². The fourth-order valence-corrected chi connectivity index (χ4v) is 8.70. The number of nitrogens with one attached hydrogen (secondary N) is 4. The minimum Gasteiger partial charge on any atom is -0.490 e. The SMILES string of the molecule is CC[C@@H](NS(=O)(=O)CCCOCn1ccc(=O)[nH]c1=O)c1ccc(F)c(OCC2CC2)c1.O=c1ccn(COCCCS(=O)(=O)NCc2cccc(OC3CCCC3)c2)c(=O)[nH]1. The molecule has 2 saturated carbocycles. The summed E-state index contributed by atoms with van der Waals surface area (Å²) in [7, 11) is -7.08. The molecule has 2 aromatic carbocycles. The molecule has 6 rings (SSSR count). The van der Waals surface area contributed by atoms with Crippen LogP contribution in [0.5, 0.6) is 11.5 Å². The predicted molar refractivity (Wildman–Crippen MR) is 228 cm³/mol. The smallest absolute Gasteiger partial charge is 0.330 e. The van der Waals surface area contributed by atoms with Crippen LogP contribution in [-0.4, -0.2) is 73.4 Å². The lowest BCUT2D eigenvalue weighted by Crippen LogP contribution is -2.31. The number of hydrogen-bond acceptors (Lipinski definition) is 12. The summed E-state index contributed by atoms with van der Waals surface area (Å²) in [5.41, 5.74) is -0.686. The molecule has 4 N–H and O–H groups in total. The molecule has 18 nitrogen and oxygen atoms in total. The Labute approximate surface area is 358 Å². The van der Waals surface area contributed by atoms with Gasteiger partial charge in [0.1, 0.15) is 19.2 Å². The average Bonchev–Trinajstić information content (AvgIpc) is 3.93. The highest BCUT2D eigenvalue weighted by Gasteiger charge is 2.24. The van der Waals surface area contributed by atoms with Gasteiger partial charge in [-0.3, -0.25) is 28.7 Å². The molecule has 2 aromatic heterocycles. The quantitative estimate of drug-likeness (QED) is 0.0742. The summed E-state index contributed by atoms with van der Waals surface area (Å²) in [5, 5.41) is 0. The molecule has 2 fully saturated rings. The molecule has 340 valence electrons. The van der Waals surface area contributed by atoms with Crippen molar-refractivity contribution in [3.63, 3.8) is 0 Å². The monoisotopic (exact) mass is 906 g/mol. The van der Waals surface area contributed by atoms with Crippen LogP contribution in [0.15, 0.2) is 86.2 Å². The second-order valence-corrected chi connectivity index (χ2v) is 18.9. The van der Waals surface area contributed by atoms with Crippen molar-refractivity contribution in [1.29, 1.82) is 0 Å². The number of aromatic amines is 2. The Morgan fingerprint density at radius 3 is 1.98 bits per heavy atom. The van der Waals surface area contributed by atoms with E-state index in [4.69, 9.17) is 18.9 Å². The zero-order valence-electron chi connectivity index (χ0n) is 34.6. The van der Waals surface area contributed by atoms with Crippen LogP contribution in [0.1, 0.15) is 81.9 Å². The zero-order valence-corrected chi connectivity index (χ0v) is 36.2. The minimum atomic E-state index is -3.62. The Morgan fingerprint density at radius 2 is 1.40 bits per heavy atom. The van der Waals surface area contributed by atoms with E-state index in [9.17, 15) is 40.4 Å². The first-order valence-electron chi connectivity index (χ1n) is 20.6. The molecule has 21 heteroatoms. The molecule has 0 unspecified atom stereocenters. The number of hydrogen-bond donors (Lipinski definition) is 4. The molecule has 2 heterocycles. The number of benzene rings is 2. The highest BCUT2D eigenvalue weighted by Crippen LogP contribution is 2.31. The van der Waals surface area contributed by atoms with Crippen molar-refractivity contribution in [3.05, 3.63) is 126 Å². The summed E-state index contributed by atoms with van der Waals surface area (Å²) in [6.45, 7) is 2.62. The third kappa shape index (κ3) is 16.7. The lowest BCUT2D eigenvalue weighted by molar-refractivity contribution is 0.0744. The van der Waals surface area contributed by atoms with E-state index in [1.165, 1.54) is 52.6 Å². The van der Waals surface area contributed by atoms with Crippen LogP contribution in [0.3, 0.4) is 0 Å². The van der Waals surface area contributed by atoms with Crippen molar-refractivity contribution in [3.8, 4) is 11.5 Å². The maximum atomic E-state index is 14.0. The molecule has 0 radical (unpaired) electrons. The molecule has 62 heavy (non-hydrogen) atoms. The summed E-state index contributed by atoms with van der Waals surface area (Å²) in [4.78, 5) is 49.3. The van der Waals surface area contributed by atoms with E-state index in [1.54, 1.807) is 12.1 Å². The fourth-order valence-electron chi connectivity index (χ4n) is 6.31. The Hall–Kier alpha value is -4.93. The number of aromatic nitrogens is 4. The first-order chi connectivity index (χ1) is 29.7. The average molecular weight is 907 g/mol. The van der Waals surface area contributed by atoms with Crippen molar-refractivity contribution >= 4 is 20.0 Å². The summed E-state index contributed by atoms with van der Waals surface area (Å²) in [6.07, 6.45) is 10.5. The first kappa shape index (κ1) is 48.1. The molecule has 0 amide bonds. The minimum absolute atomic E-state index is 0.0587. The molecule has 0 spiro atoms. The Morgan fingerprint density at radius 1 is 0.790 bits per heavy atom. The first-order valence-corrected chi connectivity index (χ1v) is 23.9. The van der Waals surface area contributed by atoms with Crippen LogP contribution < -0.4 is 41.4 Å². The number of sulfonamides is 2. The van der Waals surface area contributed by atoms with Crippen molar-refractivity contribution in [2.75, 3.05) is 31.3 Å².